The van der Waals surface area contributed by atoms with E-state index in [9.17, 15) is 9.59 Å². The summed E-state index contributed by atoms with van der Waals surface area (Å²) >= 11 is 12.1. The molecule has 3 aromatic rings. The smallest absolute Gasteiger partial charge is 0.328 e. The molecule has 0 bridgehead atoms. The predicted molar refractivity (Wildman–Crippen MR) is 109 cm³/mol. The van der Waals surface area contributed by atoms with Crippen molar-refractivity contribution in [3.05, 3.63) is 70.4 Å². The molecule has 0 aliphatic carbocycles. The van der Waals surface area contributed by atoms with E-state index in [1.54, 1.807) is 12.1 Å². The number of fused-ring (bicyclic) bond motifs is 3. The minimum Gasteiger partial charge on any atom is -0.467 e. The van der Waals surface area contributed by atoms with Gasteiger partial charge in [-0.1, -0.05) is 41.9 Å². The third kappa shape index (κ3) is 3.05. The molecule has 1 amide bonds. The van der Waals surface area contributed by atoms with Gasteiger partial charge in [-0.2, -0.15) is 0 Å². The van der Waals surface area contributed by atoms with E-state index in [0.717, 1.165) is 27.7 Å². The number of carbonyl (C=O) groups excluding carboxylic acids is 2. The predicted octanol–water partition coefficient (Wildman–Crippen LogP) is 4.08. The average molecular weight is 417 g/mol. The van der Waals surface area contributed by atoms with Gasteiger partial charge in [-0.05, 0) is 29.3 Å². The van der Waals surface area contributed by atoms with Crippen molar-refractivity contribution in [2.24, 2.45) is 0 Å². The van der Waals surface area contributed by atoms with Gasteiger partial charge in [0.25, 0.3) is 0 Å². The Kier molecular flexibility index (Phi) is 5.04. The number of nitrogens with one attached hydrogen (secondary N) is 1. The van der Waals surface area contributed by atoms with Crippen LogP contribution in [-0.2, 0) is 20.7 Å². The van der Waals surface area contributed by atoms with Crippen LogP contribution in [0.15, 0.2) is 48.5 Å². The number of benzene rings is 2. The van der Waals surface area contributed by atoms with E-state index in [4.69, 9.17) is 27.9 Å². The van der Waals surface area contributed by atoms with E-state index in [1.807, 2.05) is 36.4 Å². The Morgan fingerprint density at radius 3 is 2.71 bits per heavy atom. The van der Waals surface area contributed by atoms with Crippen LogP contribution in [0, 0.1) is 0 Å². The molecule has 1 N–H and O–H groups in total. The lowest BCUT2D eigenvalue weighted by molar-refractivity contribution is -0.154. The molecule has 1 aliphatic rings. The number of esters is 1. The summed E-state index contributed by atoms with van der Waals surface area (Å²) in [6.45, 7) is 0. The van der Waals surface area contributed by atoms with Crippen molar-refractivity contribution in [3.63, 3.8) is 0 Å². The fourth-order valence-electron chi connectivity index (χ4n) is 4.01. The number of carbonyl (C=O) groups is 2. The highest BCUT2D eigenvalue weighted by molar-refractivity contribution is 6.30. The second-order valence-electron chi connectivity index (χ2n) is 6.70. The molecule has 1 aromatic heterocycles. The van der Waals surface area contributed by atoms with Gasteiger partial charge >= 0.3 is 5.97 Å². The molecule has 0 fully saturated rings. The number of nitrogens with zero attached hydrogens (tertiary/aromatic N) is 1. The van der Waals surface area contributed by atoms with Crippen LogP contribution in [0.1, 0.15) is 22.9 Å². The van der Waals surface area contributed by atoms with Gasteiger partial charge in [-0.15, -0.1) is 11.6 Å². The van der Waals surface area contributed by atoms with Crippen molar-refractivity contribution in [2.45, 2.75) is 18.5 Å². The van der Waals surface area contributed by atoms with Gasteiger partial charge in [0.1, 0.15) is 11.9 Å². The molecular formula is C21H18Cl2N2O3. The van der Waals surface area contributed by atoms with Gasteiger partial charge in [-0.25, -0.2) is 4.79 Å². The zero-order chi connectivity index (χ0) is 19.8. The van der Waals surface area contributed by atoms with Crippen LogP contribution in [0.2, 0.25) is 5.02 Å². The molecule has 2 aromatic carbocycles. The van der Waals surface area contributed by atoms with Crippen molar-refractivity contribution in [1.82, 2.24) is 9.88 Å². The Morgan fingerprint density at radius 1 is 1.21 bits per heavy atom. The molecule has 0 saturated heterocycles. The van der Waals surface area contributed by atoms with Gasteiger partial charge < -0.3 is 14.6 Å². The number of aromatic amines is 1. The molecule has 0 radical (unpaired) electrons. The number of ether oxygens (including phenoxy) is 1. The first kappa shape index (κ1) is 18.8. The van der Waals surface area contributed by atoms with Crippen molar-refractivity contribution in [3.8, 4) is 0 Å². The largest absolute Gasteiger partial charge is 0.467 e. The second-order valence-corrected chi connectivity index (χ2v) is 7.40. The van der Waals surface area contributed by atoms with Gasteiger partial charge in [0.05, 0.1) is 13.2 Å². The van der Waals surface area contributed by atoms with E-state index < -0.39 is 18.1 Å². The number of methoxy groups -OCH3 is 1. The fraction of sp³-hybridized carbons (Fsp3) is 0.238. The molecule has 0 spiro atoms. The molecule has 7 heteroatoms. The molecule has 5 nitrogen and oxygen atoms in total. The third-order valence-electron chi connectivity index (χ3n) is 5.17. The molecule has 0 unspecified atom stereocenters. The Morgan fingerprint density at radius 2 is 2.00 bits per heavy atom. The number of para-hydroxylation sites is 1. The third-order valence-corrected chi connectivity index (χ3v) is 5.64. The van der Waals surface area contributed by atoms with Crippen LogP contribution in [0.4, 0.5) is 0 Å². The summed E-state index contributed by atoms with van der Waals surface area (Å²) in [5.41, 5.74) is 3.60. The lowest BCUT2D eigenvalue weighted by atomic mass is 9.88. The summed E-state index contributed by atoms with van der Waals surface area (Å²) in [7, 11) is 1.32. The van der Waals surface area contributed by atoms with Crippen molar-refractivity contribution < 1.29 is 14.3 Å². The molecule has 4 rings (SSSR count). The summed E-state index contributed by atoms with van der Waals surface area (Å²) in [6, 6.07) is 13.9. The fourth-order valence-corrected chi connectivity index (χ4v) is 4.35. The van der Waals surface area contributed by atoms with E-state index in [2.05, 4.69) is 4.98 Å². The lowest BCUT2D eigenvalue weighted by Crippen LogP contribution is -2.52. The summed E-state index contributed by atoms with van der Waals surface area (Å²) in [5.74, 6) is -1.05. The maximum atomic E-state index is 12.8. The Labute approximate surface area is 172 Å². The molecule has 2 atom stereocenters. The minimum absolute atomic E-state index is 0.236. The van der Waals surface area contributed by atoms with Crippen LogP contribution in [0.3, 0.4) is 0 Å². The van der Waals surface area contributed by atoms with Crippen LogP contribution in [-0.4, -0.2) is 40.8 Å². The number of amides is 1. The van der Waals surface area contributed by atoms with Gasteiger partial charge in [0.2, 0.25) is 5.91 Å². The molecule has 144 valence electrons. The van der Waals surface area contributed by atoms with Gasteiger partial charge in [-0.3, -0.25) is 4.79 Å². The number of alkyl halides is 1. The van der Waals surface area contributed by atoms with E-state index in [-0.39, 0.29) is 11.8 Å². The summed E-state index contributed by atoms with van der Waals surface area (Å²) in [5, 5.41) is 1.57. The Bertz CT molecular complexity index is 1060. The number of H-pyrrole nitrogens is 1. The SMILES string of the molecule is COC(=O)[C@@H]1Cc2c([nH]c3ccccc23)[C@H](c2cccc(Cl)c2)N1C(=O)CCl. The molecule has 2 heterocycles. The van der Waals surface area contributed by atoms with E-state index in [1.165, 1.54) is 12.0 Å². The summed E-state index contributed by atoms with van der Waals surface area (Å²) in [6.07, 6.45) is 0.353. The molecular weight excluding hydrogens is 399 g/mol. The van der Waals surface area contributed by atoms with E-state index in [0.29, 0.717) is 11.4 Å². The number of aromatic nitrogens is 1. The topological polar surface area (TPSA) is 62.4 Å². The summed E-state index contributed by atoms with van der Waals surface area (Å²) < 4.78 is 5.01. The van der Waals surface area contributed by atoms with Gasteiger partial charge in [0.15, 0.2) is 0 Å². The first-order chi connectivity index (χ1) is 13.5. The van der Waals surface area contributed by atoms with E-state index >= 15 is 0 Å². The quantitative estimate of drug-likeness (QED) is 0.516. The number of rotatable bonds is 3. The number of halogens is 2. The zero-order valence-electron chi connectivity index (χ0n) is 15.1. The number of hydrogen-bond donors (Lipinski definition) is 1. The molecule has 1 aliphatic heterocycles. The van der Waals surface area contributed by atoms with Crippen molar-refractivity contribution in [2.75, 3.05) is 13.0 Å². The first-order valence-electron chi connectivity index (χ1n) is 8.85. The Hall–Kier alpha value is -2.50. The van der Waals surface area contributed by atoms with Crippen molar-refractivity contribution in [1.29, 1.82) is 0 Å². The molecule has 28 heavy (non-hydrogen) atoms. The minimum atomic E-state index is -0.771. The van der Waals surface area contributed by atoms with Crippen LogP contribution < -0.4 is 0 Å². The van der Waals surface area contributed by atoms with Crippen LogP contribution in [0.25, 0.3) is 10.9 Å². The van der Waals surface area contributed by atoms with Gasteiger partial charge in [0, 0.05) is 28.0 Å². The first-order valence-corrected chi connectivity index (χ1v) is 9.76. The lowest BCUT2D eigenvalue weighted by Gasteiger charge is -2.40. The maximum Gasteiger partial charge on any atom is 0.328 e. The highest BCUT2D eigenvalue weighted by atomic mass is 35.5. The van der Waals surface area contributed by atoms with Crippen LogP contribution >= 0.6 is 23.2 Å². The van der Waals surface area contributed by atoms with Crippen LogP contribution in [0.5, 0.6) is 0 Å². The summed E-state index contributed by atoms with van der Waals surface area (Å²) in [4.78, 5) is 30.4. The normalized spacial score (nSPS) is 18.8. The highest BCUT2D eigenvalue weighted by Crippen LogP contribution is 2.41. The number of hydrogen-bond acceptors (Lipinski definition) is 3. The maximum absolute atomic E-state index is 12.8. The monoisotopic (exact) mass is 416 g/mol. The Balaban J connectivity index is 1.99. The molecule has 0 saturated carbocycles. The highest BCUT2D eigenvalue weighted by Gasteiger charge is 2.43. The standard InChI is InChI=1S/C21H18Cl2N2O3/c1-28-21(27)17-10-15-14-7-2-3-8-16(14)24-19(15)20(25(17)18(26)11-22)12-5-4-6-13(23)9-12/h2-9,17,20,24H,10-11H2,1H3/t17-,20-/m0/s1. The average Bonchev–Trinajstić information content (AvgIpc) is 3.09. The zero-order valence-corrected chi connectivity index (χ0v) is 16.6. The second kappa shape index (κ2) is 7.49. The van der Waals surface area contributed by atoms with Crippen molar-refractivity contribution >= 4 is 46.0 Å².